The Bertz CT molecular complexity index is 780. The van der Waals surface area contributed by atoms with Gasteiger partial charge in [0.25, 0.3) is 0 Å². The predicted octanol–water partition coefficient (Wildman–Crippen LogP) is 2.71. The Balaban J connectivity index is 1.42. The Hall–Kier alpha value is -1.70. The summed E-state index contributed by atoms with van der Waals surface area (Å²) in [4.78, 5) is 21.3. The number of carbonyl (C=O) groups excluding carboxylic acids is 1. The van der Waals surface area contributed by atoms with Crippen LogP contribution < -0.4 is 4.90 Å². The predicted molar refractivity (Wildman–Crippen MR) is 103 cm³/mol. The van der Waals surface area contributed by atoms with Gasteiger partial charge in [-0.05, 0) is 25.0 Å². The highest BCUT2D eigenvalue weighted by atomic mass is 32.1. The van der Waals surface area contributed by atoms with E-state index in [2.05, 4.69) is 26.0 Å². The first-order valence-corrected chi connectivity index (χ1v) is 9.93. The molecule has 0 unspecified atom stereocenters. The number of rotatable bonds is 3. The van der Waals surface area contributed by atoms with Crippen molar-refractivity contribution in [2.24, 2.45) is 0 Å². The minimum Gasteiger partial charge on any atom is -0.347 e. The average molecular weight is 375 g/mol. The Labute approximate surface area is 157 Å². The molecule has 2 aromatic rings. The number of piperidine rings is 1. The molecule has 0 bridgehead atoms. The van der Waals surface area contributed by atoms with E-state index in [9.17, 15) is 4.79 Å². The van der Waals surface area contributed by atoms with Crippen molar-refractivity contribution in [3.05, 3.63) is 23.3 Å². The molecule has 1 spiro atoms. The number of carbonyl (C=O) groups is 1. The van der Waals surface area contributed by atoms with Crippen molar-refractivity contribution in [1.29, 1.82) is 0 Å². The largest absolute Gasteiger partial charge is 0.347 e. The highest BCUT2D eigenvalue weighted by molar-refractivity contribution is 7.22. The van der Waals surface area contributed by atoms with Crippen LogP contribution in [-0.4, -0.2) is 61.5 Å². The third-order valence-electron chi connectivity index (χ3n) is 5.32. The van der Waals surface area contributed by atoms with Crippen LogP contribution in [0.5, 0.6) is 0 Å². The lowest BCUT2D eigenvalue weighted by molar-refractivity contribution is -0.187. The normalized spacial score (nSPS) is 19.4. The van der Waals surface area contributed by atoms with Crippen molar-refractivity contribution in [3.8, 4) is 0 Å². The number of benzene rings is 1. The van der Waals surface area contributed by atoms with Crippen molar-refractivity contribution in [2.75, 3.05) is 44.8 Å². The van der Waals surface area contributed by atoms with Crippen LogP contribution in [-0.2, 0) is 14.3 Å². The zero-order valence-electron chi connectivity index (χ0n) is 15.6. The summed E-state index contributed by atoms with van der Waals surface area (Å²) in [5.41, 5.74) is 3.44. The Kier molecular flexibility index (Phi) is 4.62. The summed E-state index contributed by atoms with van der Waals surface area (Å²) in [7, 11) is 1.94. The van der Waals surface area contributed by atoms with Gasteiger partial charge >= 0.3 is 0 Å². The number of thiazole rings is 1. The second-order valence-corrected chi connectivity index (χ2v) is 8.20. The third-order valence-corrected chi connectivity index (χ3v) is 6.63. The summed E-state index contributed by atoms with van der Waals surface area (Å²) in [5, 5.41) is 0.890. The lowest BCUT2D eigenvalue weighted by Crippen LogP contribution is -2.49. The van der Waals surface area contributed by atoms with E-state index >= 15 is 0 Å². The molecule has 140 valence electrons. The van der Waals surface area contributed by atoms with Crippen molar-refractivity contribution >= 4 is 32.6 Å². The zero-order chi connectivity index (χ0) is 18.3. The van der Waals surface area contributed by atoms with Gasteiger partial charge in [-0.3, -0.25) is 4.79 Å². The monoisotopic (exact) mass is 375 g/mol. The van der Waals surface area contributed by atoms with Gasteiger partial charge in [-0.2, -0.15) is 0 Å². The van der Waals surface area contributed by atoms with Gasteiger partial charge in [0.15, 0.2) is 10.9 Å². The van der Waals surface area contributed by atoms with Crippen LogP contribution in [0.1, 0.15) is 24.0 Å². The summed E-state index contributed by atoms with van der Waals surface area (Å²) in [6.45, 7) is 7.21. The molecule has 26 heavy (non-hydrogen) atoms. The number of ether oxygens (including phenoxy) is 2. The zero-order valence-corrected chi connectivity index (χ0v) is 16.4. The number of aryl methyl sites for hydroxylation is 2. The van der Waals surface area contributed by atoms with E-state index in [1.165, 1.54) is 15.8 Å². The van der Waals surface area contributed by atoms with E-state index in [-0.39, 0.29) is 5.91 Å². The van der Waals surface area contributed by atoms with Crippen LogP contribution in [0.4, 0.5) is 5.13 Å². The van der Waals surface area contributed by atoms with Crippen molar-refractivity contribution in [1.82, 2.24) is 9.88 Å². The van der Waals surface area contributed by atoms with Crippen LogP contribution in [0.25, 0.3) is 10.2 Å². The second-order valence-electron chi connectivity index (χ2n) is 7.22. The number of likely N-dealkylation sites (tertiary alicyclic amines) is 1. The van der Waals surface area contributed by atoms with Gasteiger partial charge in [0.1, 0.15) is 0 Å². The fraction of sp³-hybridized carbons (Fsp3) is 0.579. The maximum atomic E-state index is 12.7. The Morgan fingerprint density at radius 3 is 2.54 bits per heavy atom. The quantitative estimate of drug-likeness (QED) is 0.826. The van der Waals surface area contributed by atoms with Crippen molar-refractivity contribution in [3.63, 3.8) is 0 Å². The summed E-state index contributed by atoms with van der Waals surface area (Å²) in [6, 6.07) is 4.23. The van der Waals surface area contributed by atoms with Gasteiger partial charge in [-0.25, -0.2) is 4.98 Å². The maximum absolute atomic E-state index is 12.7. The fourth-order valence-electron chi connectivity index (χ4n) is 3.66. The average Bonchev–Trinajstić information content (AvgIpc) is 3.27. The van der Waals surface area contributed by atoms with Crippen molar-refractivity contribution in [2.45, 2.75) is 32.5 Å². The number of fused-ring (bicyclic) bond motifs is 1. The van der Waals surface area contributed by atoms with Gasteiger partial charge < -0.3 is 19.3 Å². The van der Waals surface area contributed by atoms with Gasteiger partial charge in [-0.15, -0.1) is 0 Å². The third kappa shape index (κ3) is 3.19. The van der Waals surface area contributed by atoms with E-state index in [4.69, 9.17) is 14.5 Å². The van der Waals surface area contributed by atoms with E-state index in [0.717, 1.165) is 23.5 Å². The molecule has 0 saturated carbocycles. The lowest BCUT2D eigenvalue weighted by Gasteiger charge is -2.38. The van der Waals surface area contributed by atoms with Gasteiger partial charge in [0.05, 0.1) is 30.0 Å². The van der Waals surface area contributed by atoms with Crippen LogP contribution in [0.2, 0.25) is 0 Å². The minimum absolute atomic E-state index is 0.132. The first-order valence-electron chi connectivity index (χ1n) is 9.11. The first kappa shape index (κ1) is 17.7. The van der Waals surface area contributed by atoms with Crippen molar-refractivity contribution < 1.29 is 14.3 Å². The van der Waals surface area contributed by atoms with Crippen LogP contribution in [0.3, 0.4) is 0 Å². The van der Waals surface area contributed by atoms with Gasteiger partial charge in [0, 0.05) is 33.0 Å². The summed E-state index contributed by atoms with van der Waals surface area (Å²) < 4.78 is 12.7. The summed E-state index contributed by atoms with van der Waals surface area (Å²) in [5.74, 6) is -0.307. The molecule has 0 N–H and O–H groups in total. The van der Waals surface area contributed by atoms with Gasteiger partial charge in [0.2, 0.25) is 5.91 Å². The van der Waals surface area contributed by atoms with Crippen LogP contribution in [0, 0.1) is 13.8 Å². The second kappa shape index (κ2) is 6.79. The molecule has 6 nitrogen and oxygen atoms in total. The number of anilines is 1. The minimum atomic E-state index is -0.440. The standard InChI is InChI=1S/C19H25N3O3S/c1-13-4-5-14(2)17-16(13)20-18(26-17)21(3)12-15(23)22-8-6-19(7-9-22)24-10-11-25-19/h4-5H,6-12H2,1-3H3. The number of amides is 1. The molecule has 1 aromatic heterocycles. The number of aromatic nitrogens is 1. The molecule has 2 saturated heterocycles. The molecule has 0 atom stereocenters. The topological polar surface area (TPSA) is 54.9 Å². The van der Waals surface area contributed by atoms with E-state index in [1.54, 1.807) is 11.3 Å². The van der Waals surface area contributed by atoms with Crippen LogP contribution in [0.15, 0.2) is 12.1 Å². The molecular weight excluding hydrogens is 350 g/mol. The van der Waals surface area contributed by atoms with E-state index in [0.29, 0.717) is 32.8 Å². The highest BCUT2D eigenvalue weighted by Gasteiger charge is 2.40. The Morgan fingerprint density at radius 1 is 1.23 bits per heavy atom. The molecule has 2 fully saturated rings. The number of hydrogen-bond donors (Lipinski definition) is 0. The number of hydrogen-bond acceptors (Lipinski definition) is 6. The van der Waals surface area contributed by atoms with Gasteiger partial charge in [-0.1, -0.05) is 23.5 Å². The molecule has 4 rings (SSSR count). The smallest absolute Gasteiger partial charge is 0.242 e. The SMILES string of the molecule is Cc1ccc(C)c2sc(N(C)CC(=O)N3CCC4(CC3)OCCO4)nc12. The number of likely N-dealkylation sites (N-methyl/N-ethyl adjacent to an activating group) is 1. The maximum Gasteiger partial charge on any atom is 0.242 e. The molecule has 1 amide bonds. The molecule has 7 heteroatoms. The van der Waals surface area contributed by atoms with E-state index < -0.39 is 5.79 Å². The molecular formula is C19H25N3O3S. The molecule has 0 aliphatic carbocycles. The fourth-order valence-corrected chi connectivity index (χ4v) is 4.74. The molecule has 2 aliphatic rings. The number of nitrogens with zero attached hydrogens (tertiary/aromatic N) is 3. The molecule has 2 aliphatic heterocycles. The Morgan fingerprint density at radius 2 is 1.88 bits per heavy atom. The lowest BCUT2D eigenvalue weighted by atomic mass is 10.0. The summed E-state index contributed by atoms with van der Waals surface area (Å²) in [6.07, 6.45) is 1.50. The van der Waals surface area contributed by atoms with E-state index in [1.807, 2.05) is 16.8 Å². The molecule has 1 aromatic carbocycles. The first-order chi connectivity index (χ1) is 12.5. The summed E-state index contributed by atoms with van der Waals surface area (Å²) >= 11 is 1.65. The molecule has 3 heterocycles. The highest BCUT2D eigenvalue weighted by Crippen LogP contribution is 2.33. The molecule has 0 radical (unpaired) electrons. The van der Waals surface area contributed by atoms with Crippen LogP contribution >= 0.6 is 11.3 Å².